The lowest BCUT2D eigenvalue weighted by molar-refractivity contribution is 0.0697. The van der Waals surface area contributed by atoms with Crippen molar-refractivity contribution < 1.29 is 9.90 Å². The molecular formula is C23H24N4O2. The molecule has 2 aromatic carbocycles. The molecule has 0 unspecified atom stereocenters. The summed E-state index contributed by atoms with van der Waals surface area (Å²) in [5.41, 5.74) is 9.95. The molecule has 29 heavy (non-hydrogen) atoms. The highest BCUT2D eigenvalue weighted by Crippen LogP contribution is 2.28. The number of carboxylic acids is 1. The number of piperidine rings is 1. The van der Waals surface area contributed by atoms with Crippen LogP contribution in [0.1, 0.15) is 40.4 Å². The van der Waals surface area contributed by atoms with Crippen LogP contribution in [0.5, 0.6) is 0 Å². The Morgan fingerprint density at radius 3 is 2.69 bits per heavy atom. The second kappa shape index (κ2) is 8.41. The zero-order chi connectivity index (χ0) is 20.2. The minimum Gasteiger partial charge on any atom is -0.478 e. The van der Waals surface area contributed by atoms with E-state index < -0.39 is 5.97 Å². The van der Waals surface area contributed by atoms with E-state index in [1.807, 2.05) is 30.3 Å². The van der Waals surface area contributed by atoms with Crippen LogP contribution in [-0.2, 0) is 6.54 Å². The minimum atomic E-state index is -0.908. The van der Waals surface area contributed by atoms with Crippen molar-refractivity contribution in [2.45, 2.75) is 25.3 Å². The Hall–Kier alpha value is -3.25. The predicted octanol–water partition coefficient (Wildman–Crippen LogP) is 3.80. The van der Waals surface area contributed by atoms with E-state index in [0.717, 1.165) is 49.3 Å². The molecule has 0 saturated carbocycles. The molecule has 4 rings (SSSR count). The molecule has 1 fully saturated rings. The Morgan fingerprint density at radius 2 is 1.93 bits per heavy atom. The number of hydrogen-bond donors (Lipinski definition) is 2. The van der Waals surface area contributed by atoms with Gasteiger partial charge in [0.1, 0.15) is 0 Å². The molecule has 2 heterocycles. The molecule has 3 aromatic rings. The third-order valence-electron chi connectivity index (χ3n) is 5.45. The Morgan fingerprint density at radius 1 is 1.14 bits per heavy atom. The van der Waals surface area contributed by atoms with Crippen molar-refractivity contribution in [2.24, 2.45) is 0 Å². The maximum absolute atomic E-state index is 11.5. The van der Waals surface area contributed by atoms with E-state index in [1.54, 1.807) is 18.3 Å². The minimum absolute atomic E-state index is 0.322. The summed E-state index contributed by atoms with van der Waals surface area (Å²) in [6.07, 6.45) is 3.96. The van der Waals surface area contributed by atoms with Gasteiger partial charge in [0, 0.05) is 25.2 Å². The largest absolute Gasteiger partial charge is 0.478 e. The molecule has 0 aliphatic carbocycles. The third-order valence-corrected chi connectivity index (χ3v) is 5.45. The van der Waals surface area contributed by atoms with Gasteiger partial charge in [-0.2, -0.15) is 0 Å². The van der Waals surface area contributed by atoms with Crippen molar-refractivity contribution >= 4 is 11.9 Å². The van der Waals surface area contributed by atoms with Crippen LogP contribution in [0.3, 0.4) is 0 Å². The normalized spacial score (nSPS) is 17.2. The number of rotatable bonds is 5. The Labute approximate surface area is 170 Å². The van der Waals surface area contributed by atoms with Crippen LogP contribution < -0.4 is 5.73 Å². The number of nitrogens with two attached hydrogens (primary N) is 1. The van der Waals surface area contributed by atoms with E-state index in [-0.39, 0.29) is 0 Å². The third kappa shape index (κ3) is 4.43. The lowest BCUT2D eigenvalue weighted by Crippen LogP contribution is -2.34. The maximum atomic E-state index is 11.5. The first-order valence-electron chi connectivity index (χ1n) is 9.82. The molecule has 0 radical (unpaired) electrons. The van der Waals surface area contributed by atoms with Crippen LogP contribution in [0.25, 0.3) is 11.1 Å². The number of likely N-dealkylation sites (tertiary alicyclic amines) is 1. The van der Waals surface area contributed by atoms with Gasteiger partial charge in [0.05, 0.1) is 11.3 Å². The standard InChI is InChI=1S/C23H24N4O2/c24-23-25-12-11-21(26-23)18-4-3-13-27(15-18)14-16-7-9-17(10-8-16)19-5-1-2-6-20(19)22(28)29/h1-2,5-12,18H,3-4,13-15H2,(H,28,29)(H2,24,25,26)/t18-/m1/s1. The van der Waals surface area contributed by atoms with E-state index >= 15 is 0 Å². The Balaban J connectivity index is 1.46. The molecule has 1 saturated heterocycles. The second-order valence-corrected chi connectivity index (χ2v) is 7.46. The van der Waals surface area contributed by atoms with Crippen molar-refractivity contribution in [3.8, 4) is 11.1 Å². The average Bonchev–Trinajstić information content (AvgIpc) is 2.74. The Kier molecular flexibility index (Phi) is 5.53. The van der Waals surface area contributed by atoms with Gasteiger partial charge in [0.2, 0.25) is 5.95 Å². The quantitative estimate of drug-likeness (QED) is 0.691. The molecule has 6 heteroatoms. The first kappa shape index (κ1) is 19.1. The summed E-state index contributed by atoms with van der Waals surface area (Å²) in [6, 6.07) is 17.2. The fourth-order valence-electron chi connectivity index (χ4n) is 4.03. The zero-order valence-electron chi connectivity index (χ0n) is 16.2. The topological polar surface area (TPSA) is 92.3 Å². The van der Waals surface area contributed by atoms with Crippen LogP contribution >= 0.6 is 0 Å². The number of carboxylic acid groups (broad SMARTS) is 1. The highest BCUT2D eigenvalue weighted by molar-refractivity contribution is 5.95. The second-order valence-electron chi connectivity index (χ2n) is 7.46. The number of anilines is 1. The van der Waals surface area contributed by atoms with Gasteiger partial charge in [-0.1, -0.05) is 42.5 Å². The van der Waals surface area contributed by atoms with E-state index in [0.29, 0.717) is 17.4 Å². The molecule has 3 N–H and O–H groups in total. The molecular weight excluding hydrogens is 364 g/mol. The van der Waals surface area contributed by atoms with Crippen LogP contribution in [0.15, 0.2) is 60.8 Å². The van der Waals surface area contributed by atoms with Crippen molar-refractivity contribution in [3.63, 3.8) is 0 Å². The van der Waals surface area contributed by atoms with E-state index in [1.165, 1.54) is 5.56 Å². The smallest absolute Gasteiger partial charge is 0.336 e. The number of nitrogen functional groups attached to an aromatic ring is 1. The highest BCUT2D eigenvalue weighted by atomic mass is 16.4. The summed E-state index contributed by atoms with van der Waals surface area (Å²) < 4.78 is 0. The van der Waals surface area contributed by atoms with E-state index in [9.17, 15) is 9.90 Å². The van der Waals surface area contributed by atoms with Crippen molar-refractivity contribution in [2.75, 3.05) is 18.8 Å². The molecule has 0 spiro atoms. The summed E-state index contributed by atoms with van der Waals surface area (Å²) in [7, 11) is 0. The van der Waals surface area contributed by atoms with Crippen molar-refractivity contribution in [3.05, 3.63) is 77.6 Å². The molecule has 1 atom stereocenters. The summed E-state index contributed by atoms with van der Waals surface area (Å²) in [5.74, 6) is -0.206. The van der Waals surface area contributed by atoms with Crippen LogP contribution in [0.2, 0.25) is 0 Å². The van der Waals surface area contributed by atoms with Crippen molar-refractivity contribution in [1.82, 2.24) is 14.9 Å². The van der Waals surface area contributed by atoms with Gasteiger partial charge in [-0.05, 0) is 48.2 Å². The zero-order valence-corrected chi connectivity index (χ0v) is 16.2. The lowest BCUT2D eigenvalue weighted by Gasteiger charge is -2.32. The van der Waals surface area contributed by atoms with Gasteiger partial charge in [-0.3, -0.25) is 4.90 Å². The van der Waals surface area contributed by atoms with Gasteiger partial charge in [-0.25, -0.2) is 14.8 Å². The van der Waals surface area contributed by atoms with Gasteiger partial charge in [0.25, 0.3) is 0 Å². The van der Waals surface area contributed by atoms with Crippen LogP contribution in [0, 0.1) is 0 Å². The number of hydrogen-bond acceptors (Lipinski definition) is 5. The van der Waals surface area contributed by atoms with Gasteiger partial charge in [0.15, 0.2) is 0 Å². The number of nitrogens with zero attached hydrogens (tertiary/aromatic N) is 3. The predicted molar refractivity (Wildman–Crippen MR) is 113 cm³/mol. The lowest BCUT2D eigenvalue weighted by atomic mass is 9.94. The molecule has 0 bridgehead atoms. The summed E-state index contributed by atoms with van der Waals surface area (Å²) >= 11 is 0. The first-order valence-corrected chi connectivity index (χ1v) is 9.82. The molecule has 1 aromatic heterocycles. The SMILES string of the molecule is Nc1nccc([C@@H]2CCCN(Cc3ccc(-c4ccccc4C(=O)O)cc3)C2)n1. The van der Waals surface area contributed by atoms with Gasteiger partial charge >= 0.3 is 5.97 Å². The number of benzene rings is 2. The maximum Gasteiger partial charge on any atom is 0.336 e. The number of aromatic carboxylic acids is 1. The van der Waals surface area contributed by atoms with Gasteiger partial charge < -0.3 is 10.8 Å². The van der Waals surface area contributed by atoms with E-state index in [4.69, 9.17) is 5.73 Å². The Bertz CT molecular complexity index is 1000. The molecule has 0 amide bonds. The molecule has 1 aliphatic heterocycles. The molecule has 148 valence electrons. The fraction of sp³-hybridized carbons (Fsp3) is 0.261. The molecule has 6 nitrogen and oxygen atoms in total. The fourth-order valence-corrected chi connectivity index (χ4v) is 4.03. The highest BCUT2D eigenvalue weighted by Gasteiger charge is 2.22. The summed E-state index contributed by atoms with van der Waals surface area (Å²) in [4.78, 5) is 22.3. The summed E-state index contributed by atoms with van der Waals surface area (Å²) in [5, 5.41) is 9.41. The van der Waals surface area contributed by atoms with Crippen LogP contribution in [-0.4, -0.2) is 39.0 Å². The average molecular weight is 388 g/mol. The number of carbonyl (C=O) groups is 1. The summed E-state index contributed by atoms with van der Waals surface area (Å²) in [6.45, 7) is 2.86. The molecule has 1 aliphatic rings. The van der Waals surface area contributed by atoms with Gasteiger partial charge in [-0.15, -0.1) is 0 Å². The van der Waals surface area contributed by atoms with Crippen LogP contribution in [0.4, 0.5) is 5.95 Å². The van der Waals surface area contributed by atoms with E-state index in [2.05, 4.69) is 27.0 Å². The van der Waals surface area contributed by atoms with Crippen molar-refractivity contribution in [1.29, 1.82) is 0 Å². The monoisotopic (exact) mass is 388 g/mol. The first-order chi connectivity index (χ1) is 14.1. The number of aromatic nitrogens is 2.